The van der Waals surface area contributed by atoms with Crippen LogP contribution in [0.1, 0.15) is 34.9 Å². The van der Waals surface area contributed by atoms with Crippen LogP contribution in [0, 0.1) is 6.92 Å². The third kappa shape index (κ3) is 4.25. The number of benzene rings is 1. The first kappa shape index (κ1) is 17.8. The second-order valence-electron chi connectivity index (χ2n) is 5.59. The van der Waals surface area contributed by atoms with E-state index in [0.717, 1.165) is 37.2 Å². The largest absolute Gasteiger partial charge is 0.320 e. The third-order valence-corrected chi connectivity index (χ3v) is 4.16. The smallest absolute Gasteiger partial charge is 0.276 e. The molecule has 1 amide bonds. The van der Waals surface area contributed by atoms with Crippen LogP contribution < -0.4 is 10.6 Å². The molecule has 1 aromatic heterocycles. The van der Waals surface area contributed by atoms with Crippen LogP contribution in [0.2, 0.25) is 5.02 Å². The summed E-state index contributed by atoms with van der Waals surface area (Å²) in [7, 11) is 0. The van der Waals surface area contributed by atoms with E-state index in [9.17, 15) is 4.79 Å². The molecule has 0 spiro atoms. The van der Waals surface area contributed by atoms with E-state index in [2.05, 4.69) is 15.7 Å². The van der Waals surface area contributed by atoms with Crippen molar-refractivity contribution in [3.05, 3.63) is 46.7 Å². The van der Waals surface area contributed by atoms with Gasteiger partial charge in [0, 0.05) is 23.5 Å². The summed E-state index contributed by atoms with van der Waals surface area (Å²) in [4.78, 5) is 12.3. The lowest BCUT2D eigenvalue weighted by atomic mass is 10.1. The molecule has 1 atom stereocenters. The zero-order valence-corrected chi connectivity index (χ0v) is 14.5. The molecule has 5 nitrogen and oxygen atoms in total. The number of halogens is 2. The summed E-state index contributed by atoms with van der Waals surface area (Å²) in [5.41, 5.74) is 2.11. The molecule has 2 aromatic rings. The first-order valence-electron chi connectivity index (χ1n) is 7.47. The third-order valence-electron chi connectivity index (χ3n) is 3.92. The zero-order chi connectivity index (χ0) is 15.5. The molecule has 1 aliphatic heterocycles. The molecule has 0 saturated carbocycles. The number of nitrogens with one attached hydrogen (secondary N) is 2. The number of rotatable bonds is 3. The van der Waals surface area contributed by atoms with Crippen LogP contribution >= 0.6 is 24.0 Å². The van der Waals surface area contributed by atoms with Crippen LogP contribution in [-0.4, -0.2) is 28.8 Å². The lowest BCUT2D eigenvalue weighted by Crippen LogP contribution is -2.32. The number of carbonyl (C=O) groups is 1. The molecule has 1 fully saturated rings. The van der Waals surface area contributed by atoms with Gasteiger partial charge in [0.25, 0.3) is 5.91 Å². The Bertz CT molecular complexity index is 680. The number of hydrogen-bond acceptors (Lipinski definition) is 3. The van der Waals surface area contributed by atoms with E-state index in [1.807, 2.05) is 23.9 Å². The van der Waals surface area contributed by atoms with Crippen molar-refractivity contribution in [2.75, 3.05) is 18.4 Å². The Morgan fingerprint density at radius 1 is 1.43 bits per heavy atom. The topological polar surface area (TPSA) is 59.0 Å². The molecule has 0 bridgehead atoms. The van der Waals surface area contributed by atoms with E-state index in [0.29, 0.717) is 16.8 Å². The number of nitrogens with zero attached hydrogens (tertiary/aromatic N) is 2. The monoisotopic (exact) mass is 354 g/mol. The molecular weight excluding hydrogens is 335 g/mol. The fourth-order valence-electron chi connectivity index (χ4n) is 2.68. The van der Waals surface area contributed by atoms with Crippen LogP contribution in [0.3, 0.4) is 0 Å². The minimum atomic E-state index is -0.201. The molecule has 2 heterocycles. The van der Waals surface area contributed by atoms with E-state index in [4.69, 9.17) is 11.6 Å². The lowest BCUT2D eigenvalue weighted by Gasteiger charge is -2.22. The van der Waals surface area contributed by atoms with E-state index < -0.39 is 0 Å². The van der Waals surface area contributed by atoms with Crippen LogP contribution in [0.15, 0.2) is 30.5 Å². The summed E-state index contributed by atoms with van der Waals surface area (Å²) < 4.78 is 1.88. The van der Waals surface area contributed by atoms with Crippen molar-refractivity contribution in [2.45, 2.75) is 25.8 Å². The Balaban J connectivity index is 0.00000192. The number of amides is 1. The van der Waals surface area contributed by atoms with E-state index in [-0.39, 0.29) is 18.3 Å². The second-order valence-corrected chi connectivity index (χ2v) is 6.03. The minimum absolute atomic E-state index is 0. The van der Waals surface area contributed by atoms with Gasteiger partial charge in [0.1, 0.15) is 0 Å². The number of piperidine rings is 1. The number of carbonyl (C=O) groups excluding carboxylic acids is 1. The SMILES string of the molecule is Cc1cc(Cl)ccc1NC(=O)c1ccn(C2CCCNC2)n1.Cl. The molecule has 124 valence electrons. The Kier molecular flexibility index (Phi) is 6.04. The highest BCUT2D eigenvalue weighted by atomic mass is 35.5. The quantitative estimate of drug-likeness (QED) is 0.887. The van der Waals surface area contributed by atoms with Crippen LogP contribution in [0.5, 0.6) is 0 Å². The predicted molar refractivity (Wildman–Crippen MR) is 94.8 cm³/mol. The number of hydrogen-bond donors (Lipinski definition) is 2. The maximum absolute atomic E-state index is 12.3. The fourth-order valence-corrected chi connectivity index (χ4v) is 2.90. The van der Waals surface area contributed by atoms with Crippen molar-refractivity contribution >= 4 is 35.6 Å². The summed E-state index contributed by atoms with van der Waals surface area (Å²) in [6.07, 6.45) is 4.10. The van der Waals surface area contributed by atoms with Gasteiger partial charge in [-0.15, -0.1) is 12.4 Å². The molecule has 1 unspecified atom stereocenters. The Morgan fingerprint density at radius 3 is 2.96 bits per heavy atom. The molecule has 23 heavy (non-hydrogen) atoms. The standard InChI is InChI=1S/C16H19ClN4O.ClH/c1-11-9-12(17)4-5-14(11)19-16(22)15-6-8-21(20-15)13-3-2-7-18-10-13;/h4-6,8-9,13,18H,2-3,7,10H2,1H3,(H,19,22);1H. The van der Waals surface area contributed by atoms with Gasteiger partial charge in [0.05, 0.1) is 6.04 Å². The van der Waals surface area contributed by atoms with Crippen molar-refractivity contribution in [1.29, 1.82) is 0 Å². The molecular formula is C16H20Cl2N4O. The van der Waals surface area contributed by atoms with Crippen LogP contribution in [0.4, 0.5) is 5.69 Å². The maximum atomic E-state index is 12.3. The van der Waals surface area contributed by atoms with Crippen molar-refractivity contribution in [3.8, 4) is 0 Å². The van der Waals surface area contributed by atoms with E-state index in [1.54, 1.807) is 18.2 Å². The van der Waals surface area contributed by atoms with Gasteiger partial charge < -0.3 is 10.6 Å². The van der Waals surface area contributed by atoms with Gasteiger partial charge in [-0.25, -0.2) is 0 Å². The predicted octanol–water partition coefficient (Wildman–Crippen LogP) is 3.44. The second kappa shape index (κ2) is 7.81. The highest BCUT2D eigenvalue weighted by Gasteiger charge is 2.18. The van der Waals surface area contributed by atoms with Crippen molar-refractivity contribution in [3.63, 3.8) is 0 Å². The highest BCUT2D eigenvalue weighted by molar-refractivity contribution is 6.30. The summed E-state index contributed by atoms with van der Waals surface area (Å²) in [6, 6.07) is 7.47. The van der Waals surface area contributed by atoms with Crippen molar-refractivity contribution in [2.24, 2.45) is 0 Å². The highest BCUT2D eigenvalue weighted by Crippen LogP contribution is 2.20. The summed E-state index contributed by atoms with van der Waals surface area (Å²) in [6.45, 7) is 3.87. The average molecular weight is 355 g/mol. The molecule has 1 aliphatic rings. The summed E-state index contributed by atoms with van der Waals surface area (Å²) in [5, 5.41) is 11.3. The van der Waals surface area contributed by atoms with Gasteiger partial charge in [-0.3, -0.25) is 9.48 Å². The molecule has 1 saturated heterocycles. The van der Waals surface area contributed by atoms with Crippen LogP contribution in [0.25, 0.3) is 0 Å². The minimum Gasteiger partial charge on any atom is -0.320 e. The average Bonchev–Trinajstić information content (AvgIpc) is 3.01. The molecule has 7 heteroatoms. The lowest BCUT2D eigenvalue weighted by molar-refractivity contribution is 0.102. The molecule has 0 radical (unpaired) electrons. The Hall–Kier alpha value is -1.56. The van der Waals surface area contributed by atoms with Gasteiger partial charge >= 0.3 is 0 Å². The van der Waals surface area contributed by atoms with Gasteiger partial charge in [-0.1, -0.05) is 11.6 Å². The number of anilines is 1. The van der Waals surface area contributed by atoms with Crippen molar-refractivity contribution < 1.29 is 4.79 Å². The molecule has 1 aromatic carbocycles. The molecule has 2 N–H and O–H groups in total. The first-order chi connectivity index (χ1) is 10.6. The summed E-state index contributed by atoms with van der Waals surface area (Å²) in [5.74, 6) is -0.201. The van der Waals surface area contributed by atoms with E-state index in [1.165, 1.54) is 0 Å². The van der Waals surface area contributed by atoms with Gasteiger partial charge in [-0.2, -0.15) is 5.10 Å². The van der Waals surface area contributed by atoms with Crippen LogP contribution in [-0.2, 0) is 0 Å². The van der Waals surface area contributed by atoms with E-state index >= 15 is 0 Å². The fraction of sp³-hybridized carbons (Fsp3) is 0.375. The normalized spacial score (nSPS) is 17.4. The Labute approximate surface area is 146 Å². The van der Waals surface area contributed by atoms with Gasteiger partial charge in [0.2, 0.25) is 0 Å². The van der Waals surface area contributed by atoms with Crippen molar-refractivity contribution in [1.82, 2.24) is 15.1 Å². The Morgan fingerprint density at radius 2 is 2.26 bits per heavy atom. The molecule has 3 rings (SSSR count). The zero-order valence-electron chi connectivity index (χ0n) is 12.9. The number of aryl methyl sites for hydroxylation is 1. The molecule has 0 aliphatic carbocycles. The first-order valence-corrected chi connectivity index (χ1v) is 7.84. The summed E-state index contributed by atoms with van der Waals surface area (Å²) >= 11 is 5.93. The number of aromatic nitrogens is 2. The van der Waals surface area contributed by atoms with Gasteiger partial charge in [-0.05, 0) is 56.1 Å². The maximum Gasteiger partial charge on any atom is 0.276 e. The van der Waals surface area contributed by atoms with Gasteiger partial charge in [0.15, 0.2) is 5.69 Å².